The fourth-order valence-corrected chi connectivity index (χ4v) is 2.62. The van der Waals surface area contributed by atoms with Crippen molar-refractivity contribution in [3.63, 3.8) is 0 Å². The van der Waals surface area contributed by atoms with Crippen molar-refractivity contribution in [2.24, 2.45) is 0 Å². The predicted molar refractivity (Wildman–Crippen MR) is 100.0 cm³/mol. The Kier molecular flexibility index (Phi) is 6.37. The van der Waals surface area contributed by atoms with E-state index in [-0.39, 0.29) is 5.57 Å². The summed E-state index contributed by atoms with van der Waals surface area (Å²) in [5.41, 5.74) is 3.75. The van der Waals surface area contributed by atoms with Gasteiger partial charge < -0.3 is 9.47 Å². The van der Waals surface area contributed by atoms with Crippen molar-refractivity contribution >= 4 is 28.0 Å². The number of esters is 1. The van der Waals surface area contributed by atoms with E-state index >= 15 is 0 Å². The monoisotopic (exact) mass is 399 g/mol. The van der Waals surface area contributed by atoms with Crippen LogP contribution in [0.2, 0.25) is 0 Å². The van der Waals surface area contributed by atoms with Crippen LogP contribution < -0.4 is 4.74 Å². The fraction of sp³-hybridized carbons (Fsp3) is 0.200. The number of aryl methyl sites for hydroxylation is 1. The summed E-state index contributed by atoms with van der Waals surface area (Å²) in [4.78, 5) is 11.6. The second-order valence-corrected chi connectivity index (χ2v) is 6.46. The molecule has 0 aromatic heterocycles. The van der Waals surface area contributed by atoms with Crippen LogP contribution in [0, 0.1) is 25.2 Å². The summed E-state index contributed by atoms with van der Waals surface area (Å²) < 4.78 is 11.5. The van der Waals surface area contributed by atoms with E-state index in [0.29, 0.717) is 6.61 Å². The van der Waals surface area contributed by atoms with Crippen LogP contribution in [0.3, 0.4) is 0 Å². The number of halogens is 1. The largest absolute Gasteiger partial charge is 0.489 e. The molecular formula is C20H18BrNO3. The Hall–Kier alpha value is -2.58. The van der Waals surface area contributed by atoms with Gasteiger partial charge in [0.05, 0.1) is 7.11 Å². The number of nitrogens with zero attached hydrogens (tertiary/aromatic N) is 1. The Labute approximate surface area is 155 Å². The normalized spacial score (nSPS) is 10.9. The predicted octanol–water partition coefficient (Wildman–Crippen LogP) is 4.72. The van der Waals surface area contributed by atoms with Crippen molar-refractivity contribution in [2.45, 2.75) is 20.5 Å². The fourth-order valence-electron chi connectivity index (χ4n) is 2.36. The molecule has 25 heavy (non-hydrogen) atoms. The van der Waals surface area contributed by atoms with Gasteiger partial charge in [0.25, 0.3) is 0 Å². The number of methoxy groups -OCH3 is 1. The maximum absolute atomic E-state index is 11.6. The zero-order valence-electron chi connectivity index (χ0n) is 14.3. The zero-order valence-corrected chi connectivity index (χ0v) is 15.9. The zero-order chi connectivity index (χ0) is 18.4. The lowest BCUT2D eigenvalue weighted by molar-refractivity contribution is -0.135. The standard InChI is InChI=1S/C20H18BrNO3/c1-13-8-15(10-16(11-22)20(23)24-3)14(2)17(9-13)12-25-19-6-4-18(21)5-7-19/h4-10H,12H2,1-3H3/b16-10+. The molecule has 0 amide bonds. The minimum Gasteiger partial charge on any atom is -0.489 e. The van der Waals surface area contributed by atoms with E-state index in [1.165, 1.54) is 7.11 Å². The van der Waals surface area contributed by atoms with Crippen molar-refractivity contribution in [3.8, 4) is 11.8 Å². The Morgan fingerprint density at radius 1 is 1.24 bits per heavy atom. The van der Waals surface area contributed by atoms with E-state index < -0.39 is 5.97 Å². The molecule has 0 spiro atoms. The van der Waals surface area contributed by atoms with Gasteiger partial charge in [-0.15, -0.1) is 0 Å². The maximum atomic E-state index is 11.6. The molecule has 0 atom stereocenters. The van der Waals surface area contributed by atoms with Gasteiger partial charge in [-0.2, -0.15) is 5.26 Å². The minimum absolute atomic E-state index is 0.0315. The molecule has 0 aliphatic heterocycles. The molecule has 4 nitrogen and oxygen atoms in total. The molecule has 2 aromatic rings. The summed E-state index contributed by atoms with van der Waals surface area (Å²) in [6.07, 6.45) is 1.55. The first kappa shape index (κ1) is 18.8. The van der Waals surface area contributed by atoms with Crippen molar-refractivity contribution in [2.75, 3.05) is 7.11 Å². The van der Waals surface area contributed by atoms with Gasteiger partial charge in [-0.05, 0) is 60.9 Å². The molecule has 0 heterocycles. The average Bonchev–Trinajstić information content (AvgIpc) is 2.61. The van der Waals surface area contributed by atoms with Crippen molar-refractivity contribution in [1.29, 1.82) is 5.26 Å². The molecule has 0 saturated heterocycles. The average molecular weight is 400 g/mol. The highest BCUT2D eigenvalue weighted by atomic mass is 79.9. The van der Waals surface area contributed by atoms with Gasteiger partial charge in [0, 0.05) is 4.47 Å². The van der Waals surface area contributed by atoms with Gasteiger partial charge >= 0.3 is 5.97 Å². The first-order valence-corrected chi connectivity index (χ1v) is 8.42. The number of carbonyl (C=O) groups excluding carboxylic acids is 1. The Morgan fingerprint density at radius 2 is 1.92 bits per heavy atom. The SMILES string of the molecule is COC(=O)/C(C#N)=C/c1cc(C)cc(COc2ccc(Br)cc2)c1C. The maximum Gasteiger partial charge on any atom is 0.348 e. The van der Waals surface area contributed by atoms with Crippen LogP contribution in [0.5, 0.6) is 5.75 Å². The van der Waals surface area contributed by atoms with Gasteiger partial charge in [-0.3, -0.25) is 0 Å². The van der Waals surface area contributed by atoms with Gasteiger partial charge in [0.2, 0.25) is 0 Å². The number of hydrogen-bond donors (Lipinski definition) is 0. The summed E-state index contributed by atoms with van der Waals surface area (Å²) >= 11 is 3.39. The summed E-state index contributed by atoms with van der Waals surface area (Å²) in [6.45, 7) is 4.30. The number of rotatable bonds is 5. The lowest BCUT2D eigenvalue weighted by Crippen LogP contribution is -2.04. The molecule has 0 unspecified atom stereocenters. The molecule has 5 heteroatoms. The van der Waals surface area contributed by atoms with E-state index in [4.69, 9.17) is 10.00 Å². The van der Waals surface area contributed by atoms with E-state index in [1.54, 1.807) is 6.08 Å². The third-order valence-corrected chi connectivity index (χ3v) is 4.26. The van der Waals surface area contributed by atoms with E-state index in [1.807, 2.05) is 56.3 Å². The summed E-state index contributed by atoms with van der Waals surface area (Å²) in [5.74, 6) is 0.129. The molecular weight excluding hydrogens is 382 g/mol. The van der Waals surface area contributed by atoms with Crippen LogP contribution in [0.1, 0.15) is 22.3 Å². The van der Waals surface area contributed by atoms with Gasteiger partial charge in [-0.25, -0.2) is 4.79 Å². The van der Waals surface area contributed by atoms with E-state index in [0.717, 1.165) is 32.5 Å². The molecule has 0 radical (unpaired) electrons. The minimum atomic E-state index is -0.643. The molecule has 0 aliphatic carbocycles. The summed E-state index contributed by atoms with van der Waals surface area (Å²) in [5, 5.41) is 9.15. The second kappa shape index (κ2) is 8.50. The van der Waals surface area contributed by atoms with Gasteiger partial charge in [0.15, 0.2) is 0 Å². The molecule has 0 fully saturated rings. The number of benzene rings is 2. The molecule has 0 bridgehead atoms. The van der Waals surface area contributed by atoms with Crippen molar-refractivity contribution in [3.05, 3.63) is 68.7 Å². The highest BCUT2D eigenvalue weighted by molar-refractivity contribution is 9.10. The molecule has 0 saturated carbocycles. The van der Waals surface area contributed by atoms with E-state index in [2.05, 4.69) is 20.7 Å². The van der Waals surface area contributed by atoms with Crippen molar-refractivity contribution in [1.82, 2.24) is 0 Å². The third kappa shape index (κ3) is 4.94. The summed E-state index contributed by atoms with van der Waals surface area (Å²) in [7, 11) is 1.26. The van der Waals surface area contributed by atoms with Crippen LogP contribution in [-0.2, 0) is 16.1 Å². The first-order chi connectivity index (χ1) is 11.9. The number of nitriles is 1. The highest BCUT2D eigenvalue weighted by Crippen LogP contribution is 2.23. The second-order valence-electron chi connectivity index (χ2n) is 5.54. The Bertz CT molecular complexity index is 848. The van der Waals surface area contributed by atoms with E-state index in [9.17, 15) is 4.79 Å². The Balaban J connectivity index is 2.30. The van der Waals surface area contributed by atoms with Gasteiger partial charge in [0.1, 0.15) is 24.0 Å². The molecule has 2 rings (SSSR count). The number of carbonyl (C=O) groups is 1. The van der Waals surface area contributed by atoms with Crippen LogP contribution >= 0.6 is 15.9 Å². The lowest BCUT2D eigenvalue weighted by atomic mass is 9.98. The summed E-state index contributed by atoms with van der Waals surface area (Å²) in [6, 6.07) is 13.5. The Morgan fingerprint density at radius 3 is 2.52 bits per heavy atom. The topological polar surface area (TPSA) is 59.3 Å². The molecule has 0 aliphatic rings. The van der Waals surface area contributed by atoms with Crippen LogP contribution in [0.15, 0.2) is 46.4 Å². The van der Waals surface area contributed by atoms with Crippen molar-refractivity contribution < 1.29 is 14.3 Å². The lowest BCUT2D eigenvalue weighted by Gasteiger charge is -2.13. The highest BCUT2D eigenvalue weighted by Gasteiger charge is 2.11. The molecule has 2 aromatic carbocycles. The quantitative estimate of drug-likeness (QED) is 0.414. The van der Waals surface area contributed by atoms with Gasteiger partial charge in [-0.1, -0.05) is 33.6 Å². The first-order valence-electron chi connectivity index (χ1n) is 7.63. The molecule has 128 valence electrons. The molecule has 0 N–H and O–H groups in total. The third-order valence-electron chi connectivity index (χ3n) is 3.73. The van der Waals surface area contributed by atoms with Crippen LogP contribution in [0.25, 0.3) is 6.08 Å². The smallest absolute Gasteiger partial charge is 0.348 e. The number of hydrogen-bond acceptors (Lipinski definition) is 4. The van der Waals surface area contributed by atoms with Crippen LogP contribution in [0.4, 0.5) is 0 Å². The number of ether oxygens (including phenoxy) is 2. The van der Waals surface area contributed by atoms with Crippen LogP contribution in [-0.4, -0.2) is 13.1 Å².